The summed E-state index contributed by atoms with van der Waals surface area (Å²) < 4.78 is 25.3. The van der Waals surface area contributed by atoms with Gasteiger partial charge in [0.05, 0.1) is 17.6 Å². The largest absolute Gasteiger partial charge is 0.354 e. The molecule has 0 radical (unpaired) electrons. The van der Waals surface area contributed by atoms with Gasteiger partial charge in [-0.3, -0.25) is 4.31 Å². The van der Waals surface area contributed by atoms with E-state index in [0.717, 1.165) is 40.5 Å². The molecular formula is C15H19N3O2S2. The Kier molecular flexibility index (Phi) is 3.86. The molecule has 22 heavy (non-hydrogen) atoms. The van der Waals surface area contributed by atoms with Crippen LogP contribution in [-0.2, 0) is 16.4 Å². The summed E-state index contributed by atoms with van der Waals surface area (Å²) in [4.78, 5) is 6.59. The number of nitrogens with zero attached hydrogens (tertiary/aromatic N) is 3. The van der Waals surface area contributed by atoms with Crippen LogP contribution in [0.25, 0.3) is 11.3 Å². The van der Waals surface area contributed by atoms with Crippen LogP contribution < -0.4 is 9.21 Å². The normalized spacial score (nSPS) is 14.8. The summed E-state index contributed by atoms with van der Waals surface area (Å²) in [6.07, 6.45) is 3.02. The number of sulfonamides is 1. The first-order valence-corrected chi connectivity index (χ1v) is 9.83. The molecule has 0 saturated carbocycles. The van der Waals surface area contributed by atoms with Gasteiger partial charge in [-0.15, -0.1) is 11.3 Å². The number of rotatable bonds is 3. The summed E-state index contributed by atoms with van der Waals surface area (Å²) in [5, 5.41) is 3.00. The van der Waals surface area contributed by atoms with Gasteiger partial charge in [0.2, 0.25) is 10.0 Å². The van der Waals surface area contributed by atoms with E-state index >= 15 is 0 Å². The molecule has 0 aliphatic carbocycles. The van der Waals surface area contributed by atoms with Crippen LogP contribution in [0, 0.1) is 0 Å². The Morgan fingerprint density at radius 1 is 1.32 bits per heavy atom. The molecule has 0 amide bonds. The summed E-state index contributed by atoms with van der Waals surface area (Å²) in [7, 11) is 0.733. The van der Waals surface area contributed by atoms with Gasteiger partial charge in [0.15, 0.2) is 5.13 Å². The van der Waals surface area contributed by atoms with E-state index in [-0.39, 0.29) is 0 Å². The van der Waals surface area contributed by atoms with Crippen molar-refractivity contribution >= 4 is 32.2 Å². The van der Waals surface area contributed by atoms with Gasteiger partial charge < -0.3 is 4.90 Å². The van der Waals surface area contributed by atoms with Crippen LogP contribution in [0.1, 0.15) is 12.0 Å². The Hall–Kier alpha value is -1.60. The second-order valence-electron chi connectivity index (χ2n) is 5.69. The predicted molar refractivity (Wildman–Crippen MR) is 92.4 cm³/mol. The van der Waals surface area contributed by atoms with Crippen molar-refractivity contribution in [2.75, 3.05) is 36.1 Å². The number of thiazole rings is 1. The Labute approximate surface area is 135 Å². The van der Waals surface area contributed by atoms with Gasteiger partial charge in [-0.05, 0) is 30.5 Å². The fourth-order valence-electron chi connectivity index (χ4n) is 2.67. The molecular weight excluding hydrogens is 318 g/mol. The van der Waals surface area contributed by atoms with E-state index in [1.807, 2.05) is 36.5 Å². The van der Waals surface area contributed by atoms with Crippen molar-refractivity contribution in [2.24, 2.45) is 0 Å². The zero-order chi connectivity index (χ0) is 15.9. The van der Waals surface area contributed by atoms with Crippen LogP contribution in [-0.4, -0.2) is 40.3 Å². The van der Waals surface area contributed by atoms with Crippen molar-refractivity contribution in [3.8, 4) is 11.3 Å². The third-order valence-corrected chi connectivity index (χ3v) is 5.91. The predicted octanol–water partition coefficient (Wildman–Crippen LogP) is 2.59. The first kappa shape index (κ1) is 15.3. The van der Waals surface area contributed by atoms with Crippen LogP contribution in [0.5, 0.6) is 0 Å². The molecule has 118 valence electrons. The van der Waals surface area contributed by atoms with E-state index < -0.39 is 10.0 Å². The molecule has 0 atom stereocenters. The second kappa shape index (κ2) is 5.55. The third kappa shape index (κ3) is 2.83. The zero-order valence-electron chi connectivity index (χ0n) is 12.9. The van der Waals surface area contributed by atoms with E-state index in [2.05, 4.69) is 11.1 Å². The molecule has 3 rings (SSSR count). The van der Waals surface area contributed by atoms with Gasteiger partial charge in [0.25, 0.3) is 0 Å². The number of aromatic nitrogens is 1. The smallest absolute Gasteiger partial charge is 0.232 e. The first-order valence-electron chi connectivity index (χ1n) is 7.10. The topological polar surface area (TPSA) is 53.5 Å². The molecule has 1 aromatic carbocycles. The van der Waals surface area contributed by atoms with Gasteiger partial charge in [-0.25, -0.2) is 13.4 Å². The lowest BCUT2D eigenvalue weighted by Crippen LogP contribution is -2.34. The molecule has 2 heterocycles. The highest BCUT2D eigenvalue weighted by Gasteiger charge is 2.24. The van der Waals surface area contributed by atoms with Gasteiger partial charge in [-0.2, -0.15) is 0 Å². The number of aryl methyl sites for hydroxylation is 1. The van der Waals surface area contributed by atoms with E-state index in [4.69, 9.17) is 0 Å². The molecule has 0 saturated heterocycles. The Balaban J connectivity index is 2.00. The number of fused-ring (bicyclic) bond motifs is 1. The average Bonchev–Trinajstić information content (AvgIpc) is 2.95. The maximum absolute atomic E-state index is 11.9. The summed E-state index contributed by atoms with van der Waals surface area (Å²) in [6.45, 7) is 0.562. The molecule has 7 heteroatoms. The van der Waals surface area contributed by atoms with E-state index in [1.165, 1.54) is 10.6 Å². The number of hydrogen-bond donors (Lipinski definition) is 0. The maximum Gasteiger partial charge on any atom is 0.232 e. The second-order valence-corrected chi connectivity index (χ2v) is 8.44. The van der Waals surface area contributed by atoms with E-state index in [9.17, 15) is 8.42 Å². The lowest BCUT2D eigenvalue weighted by Gasteiger charge is -2.29. The van der Waals surface area contributed by atoms with Crippen LogP contribution in [0.3, 0.4) is 0 Å². The minimum Gasteiger partial charge on any atom is -0.354 e. The highest BCUT2D eigenvalue weighted by molar-refractivity contribution is 7.92. The number of hydrogen-bond acceptors (Lipinski definition) is 5. The Bertz CT molecular complexity index is 797. The van der Waals surface area contributed by atoms with Gasteiger partial charge in [0, 0.05) is 31.6 Å². The Morgan fingerprint density at radius 3 is 2.73 bits per heavy atom. The summed E-state index contributed by atoms with van der Waals surface area (Å²) in [5.74, 6) is 0. The van der Waals surface area contributed by atoms with Crippen molar-refractivity contribution in [1.29, 1.82) is 0 Å². The van der Waals surface area contributed by atoms with Crippen LogP contribution >= 0.6 is 11.3 Å². The average molecular weight is 337 g/mol. The van der Waals surface area contributed by atoms with Crippen LogP contribution in [0.2, 0.25) is 0 Å². The lowest BCUT2D eigenvalue weighted by atomic mass is 10.00. The van der Waals surface area contributed by atoms with E-state index in [0.29, 0.717) is 6.54 Å². The van der Waals surface area contributed by atoms with Crippen LogP contribution in [0.15, 0.2) is 23.6 Å². The fourth-order valence-corrected chi connectivity index (χ4v) is 4.43. The molecule has 0 N–H and O–H groups in total. The molecule has 5 nitrogen and oxygen atoms in total. The first-order chi connectivity index (χ1) is 10.4. The van der Waals surface area contributed by atoms with Crippen molar-refractivity contribution < 1.29 is 8.42 Å². The van der Waals surface area contributed by atoms with Crippen LogP contribution in [0.4, 0.5) is 10.8 Å². The number of anilines is 2. The van der Waals surface area contributed by atoms with Gasteiger partial charge in [0.1, 0.15) is 0 Å². The van der Waals surface area contributed by atoms with Crippen molar-refractivity contribution in [2.45, 2.75) is 12.8 Å². The number of benzene rings is 1. The molecule has 1 aliphatic heterocycles. The van der Waals surface area contributed by atoms with Gasteiger partial charge >= 0.3 is 0 Å². The summed E-state index contributed by atoms with van der Waals surface area (Å²) in [6, 6.07) is 5.93. The SMILES string of the molecule is CN(C)c1nc(-c2ccc3c(c2)CCCN3S(C)(=O)=O)cs1. The zero-order valence-corrected chi connectivity index (χ0v) is 14.5. The third-order valence-electron chi connectivity index (χ3n) is 3.73. The summed E-state index contributed by atoms with van der Waals surface area (Å²) >= 11 is 1.60. The Morgan fingerprint density at radius 2 is 2.09 bits per heavy atom. The highest BCUT2D eigenvalue weighted by Crippen LogP contribution is 2.34. The standard InChI is InChI=1S/C15H19N3O2S2/c1-17(2)15-16-13(10-21-15)11-6-7-14-12(9-11)5-4-8-18(14)22(3,19)20/h6-7,9-10H,4-5,8H2,1-3H3. The van der Waals surface area contributed by atoms with Crippen molar-refractivity contribution in [3.63, 3.8) is 0 Å². The maximum atomic E-state index is 11.9. The molecule has 0 unspecified atom stereocenters. The quantitative estimate of drug-likeness (QED) is 0.864. The molecule has 0 spiro atoms. The van der Waals surface area contributed by atoms with Crippen molar-refractivity contribution in [1.82, 2.24) is 4.98 Å². The van der Waals surface area contributed by atoms with Gasteiger partial charge in [-0.1, -0.05) is 6.07 Å². The highest BCUT2D eigenvalue weighted by atomic mass is 32.2. The van der Waals surface area contributed by atoms with E-state index in [1.54, 1.807) is 11.3 Å². The summed E-state index contributed by atoms with van der Waals surface area (Å²) in [5.41, 5.74) is 3.86. The molecule has 0 bridgehead atoms. The molecule has 1 aliphatic rings. The lowest BCUT2D eigenvalue weighted by molar-refractivity contribution is 0.592. The molecule has 0 fully saturated rings. The fraction of sp³-hybridized carbons (Fsp3) is 0.400. The monoisotopic (exact) mass is 337 g/mol. The molecule has 2 aromatic rings. The van der Waals surface area contributed by atoms with Crippen molar-refractivity contribution in [3.05, 3.63) is 29.1 Å². The minimum absolute atomic E-state index is 0.562. The molecule has 1 aromatic heterocycles. The minimum atomic E-state index is -3.21.